The number of thioether (sulfide) groups is 1. The molecule has 4 unspecified atom stereocenters. The summed E-state index contributed by atoms with van der Waals surface area (Å²) < 4.78 is 6.07. The van der Waals surface area contributed by atoms with Crippen molar-refractivity contribution in [3.8, 4) is 11.3 Å². The summed E-state index contributed by atoms with van der Waals surface area (Å²) in [5.74, 6) is -3.00. The molecule has 1 aromatic heterocycles. The maximum atomic E-state index is 13.7. The zero-order valence-electron chi connectivity index (χ0n) is 21.6. The number of carbonyl (C=O) groups is 3. The Morgan fingerprint density at radius 2 is 1.85 bits per heavy atom. The van der Waals surface area contributed by atoms with E-state index in [0.29, 0.717) is 29.4 Å². The third-order valence-electron chi connectivity index (χ3n) is 7.56. The molecule has 0 bridgehead atoms. The monoisotopic (exact) mass is 564 g/mol. The number of hydrogen-bond acceptors (Lipinski definition) is 9. The predicted octanol–water partition coefficient (Wildman–Crippen LogP) is 3.79. The number of likely N-dealkylation sites (tertiary alicyclic amines) is 1. The number of amides is 2. The standard InChI is InChI=1S/C28H28N4O7S/c1-40-16-13-28(27(35)36)23-22(25(33)31(26(23)34)15-14-29-18-5-3-2-4-6-18)24(30-28)21-12-11-20(39-21)17-7-9-19(10-8-17)32(37)38/h2-12,22-24,29-30H,13-16H2,1H3,(H,35,36). The number of benzene rings is 2. The van der Waals surface area contributed by atoms with Gasteiger partial charge in [0.2, 0.25) is 11.8 Å². The number of non-ortho nitro benzene ring substituents is 1. The van der Waals surface area contributed by atoms with Crippen molar-refractivity contribution in [2.75, 3.05) is 30.4 Å². The average Bonchev–Trinajstić information content (AvgIpc) is 3.64. The van der Waals surface area contributed by atoms with Crippen molar-refractivity contribution in [2.45, 2.75) is 18.0 Å². The first-order valence-electron chi connectivity index (χ1n) is 12.8. The number of anilines is 1. The fraction of sp³-hybridized carbons (Fsp3) is 0.321. The van der Waals surface area contributed by atoms with Crippen LogP contribution >= 0.6 is 11.8 Å². The van der Waals surface area contributed by atoms with E-state index in [1.165, 1.54) is 23.9 Å². The van der Waals surface area contributed by atoms with Gasteiger partial charge < -0.3 is 14.8 Å². The number of nitro groups is 1. The minimum atomic E-state index is -1.65. The first kappa shape index (κ1) is 27.4. The van der Waals surface area contributed by atoms with Gasteiger partial charge in [-0.05, 0) is 54.8 Å². The van der Waals surface area contributed by atoms with E-state index in [-0.39, 0.29) is 18.7 Å². The average molecular weight is 565 g/mol. The molecule has 4 atom stereocenters. The van der Waals surface area contributed by atoms with E-state index >= 15 is 0 Å². The van der Waals surface area contributed by atoms with Gasteiger partial charge in [0.05, 0.1) is 22.8 Å². The second-order valence-corrected chi connectivity index (χ2v) is 10.8. The highest BCUT2D eigenvalue weighted by molar-refractivity contribution is 7.98. The van der Waals surface area contributed by atoms with E-state index in [1.54, 1.807) is 24.3 Å². The molecule has 3 heterocycles. The molecule has 0 spiro atoms. The van der Waals surface area contributed by atoms with E-state index in [4.69, 9.17) is 4.42 Å². The van der Waals surface area contributed by atoms with Crippen molar-refractivity contribution in [2.24, 2.45) is 11.8 Å². The van der Waals surface area contributed by atoms with Crippen LogP contribution in [0.2, 0.25) is 0 Å². The number of hydrogen-bond donors (Lipinski definition) is 3. The van der Waals surface area contributed by atoms with E-state index < -0.39 is 46.1 Å². The fourth-order valence-electron chi connectivity index (χ4n) is 5.61. The number of rotatable bonds is 11. The molecule has 12 heteroatoms. The van der Waals surface area contributed by atoms with Crippen LogP contribution in [0, 0.1) is 22.0 Å². The summed E-state index contributed by atoms with van der Waals surface area (Å²) in [6.07, 6.45) is 2.00. The van der Waals surface area contributed by atoms with Crippen molar-refractivity contribution in [3.05, 3.63) is 82.6 Å². The van der Waals surface area contributed by atoms with Crippen LogP contribution in [0.15, 0.2) is 71.1 Å². The number of imide groups is 1. The van der Waals surface area contributed by atoms with Gasteiger partial charge in [0.15, 0.2) is 0 Å². The molecular formula is C28H28N4O7S. The first-order valence-corrected chi connectivity index (χ1v) is 14.1. The maximum Gasteiger partial charge on any atom is 0.324 e. The molecule has 0 aliphatic carbocycles. The van der Waals surface area contributed by atoms with Gasteiger partial charge in [-0.15, -0.1) is 0 Å². The van der Waals surface area contributed by atoms with E-state index in [9.17, 15) is 29.6 Å². The molecule has 0 saturated carbocycles. The number of carbonyl (C=O) groups excluding carboxylic acids is 2. The second kappa shape index (κ2) is 11.1. The van der Waals surface area contributed by atoms with Gasteiger partial charge in [-0.3, -0.25) is 34.7 Å². The number of para-hydroxylation sites is 1. The van der Waals surface area contributed by atoms with Gasteiger partial charge in [0, 0.05) is 36.5 Å². The Morgan fingerprint density at radius 1 is 1.12 bits per heavy atom. The Labute approximate surface area is 234 Å². The van der Waals surface area contributed by atoms with Crippen molar-refractivity contribution in [3.63, 3.8) is 0 Å². The number of aliphatic carboxylic acids is 1. The third-order valence-corrected chi connectivity index (χ3v) is 8.17. The van der Waals surface area contributed by atoms with Gasteiger partial charge in [0.1, 0.15) is 17.1 Å². The second-order valence-electron chi connectivity index (χ2n) is 9.77. The molecule has 5 rings (SSSR count). The molecule has 3 N–H and O–H groups in total. The lowest BCUT2D eigenvalue weighted by molar-refractivity contribution is -0.384. The summed E-state index contributed by atoms with van der Waals surface area (Å²) in [6, 6.07) is 17.7. The van der Waals surface area contributed by atoms with Crippen molar-refractivity contribution in [1.82, 2.24) is 10.2 Å². The predicted molar refractivity (Wildman–Crippen MR) is 149 cm³/mol. The van der Waals surface area contributed by atoms with Crippen molar-refractivity contribution in [1.29, 1.82) is 0 Å². The van der Waals surface area contributed by atoms with Crippen LogP contribution in [0.25, 0.3) is 11.3 Å². The van der Waals surface area contributed by atoms with Crippen LogP contribution in [-0.2, 0) is 14.4 Å². The Morgan fingerprint density at radius 3 is 2.50 bits per heavy atom. The molecule has 208 valence electrons. The molecule has 3 aromatic rings. The van der Waals surface area contributed by atoms with Gasteiger partial charge in [-0.2, -0.15) is 11.8 Å². The van der Waals surface area contributed by atoms with Gasteiger partial charge in [-0.1, -0.05) is 18.2 Å². The first-order chi connectivity index (χ1) is 19.3. The van der Waals surface area contributed by atoms with Crippen LogP contribution in [0.1, 0.15) is 18.2 Å². The topological polar surface area (TPSA) is 155 Å². The molecule has 2 aliphatic heterocycles. The molecule has 2 aromatic carbocycles. The number of furan rings is 1. The Hall–Kier alpha value is -4.16. The summed E-state index contributed by atoms with van der Waals surface area (Å²) in [6.45, 7) is 0.408. The SMILES string of the molecule is CSCCC1(C(=O)O)NC(c2ccc(-c3ccc([N+](=O)[O-])cc3)o2)C2C(=O)N(CCNc3ccccc3)C(=O)C21. The molecule has 11 nitrogen and oxygen atoms in total. The van der Waals surface area contributed by atoms with Crippen LogP contribution in [0.4, 0.5) is 11.4 Å². The summed E-state index contributed by atoms with van der Waals surface area (Å²) in [7, 11) is 0. The van der Waals surface area contributed by atoms with E-state index in [0.717, 1.165) is 10.6 Å². The van der Waals surface area contributed by atoms with Gasteiger partial charge in [0.25, 0.3) is 5.69 Å². The molecule has 40 heavy (non-hydrogen) atoms. The van der Waals surface area contributed by atoms with Crippen LogP contribution in [0.5, 0.6) is 0 Å². The zero-order chi connectivity index (χ0) is 28.4. The smallest absolute Gasteiger partial charge is 0.324 e. The summed E-state index contributed by atoms with van der Waals surface area (Å²) in [5, 5.41) is 27.7. The largest absolute Gasteiger partial charge is 0.480 e. The van der Waals surface area contributed by atoms with Crippen molar-refractivity contribution >= 4 is 40.9 Å². The lowest BCUT2D eigenvalue weighted by Gasteiger charge is -2.30. The molecule has 2 amide bonds. The molecule has 2 fully saturated rings. The quantitative estimate of drug-likeness (QED) is 0.178. The lowest BCUT2D eigenvalue weighted by Crippen LogP contribution is -2.56. The maximum absolute atomic E-state index is 13.7. The third kappa shape index (κ3) is 4.84. The summed E-state index contributed by atoms with van der Waals surface area (Å²) >= 11 is 1.46. The fourth-order valence-corrected chi connectivity index (χ4v) is 6.14. The summed E-state index contributed by atoms with van der Waals surface area (Å²) in [4.78, 5) is 51.9. The van der Waals surface area contributed by atoms with Crippen LogP contribution in [-0.4, -0.2) is 63.4 Å². The number of carboxylic acids is 1. The lowest BCUT2D eigenvalue weighted by atomic mass is 9.78. The Bertz CT molecular complexity index is 1430. The highest BCUT2D eigenvalue weighted by Gasteiger charge is 2.68. The highest BCUT2D eigenvalue weighted by atomic mass is 32.2. The van der Waals surface area contributed by atoms with Crippen LogP contribution < -0.4 is 10.6 Å². The zero-order valence-corrected chi connectivity index (χ0v) is 22.4. The minimum absolute atomic E-state index is 0.0622. The number of nitro benzene ring substituents is 1. The van der Waals surface area contributed by atoms with Crippen molar-refractivity contribution < 1.29 is 28.8 Å². The number of carboxylic acid groups (broad SMARTS) is 1. The van der Waals surface area contributed by atoms with Gasteiger partial charge >= 0.3 is 5.97 Å². The molecule has 2 saturated heterocycles. The normalized spacial score (nSPS) is 23.8. The van der Waals surface area contributed by atoms with E-state index in [2.05, 4.69) is 10.6 Å². The minimum Gasteiger partial charge on any atom is -0.480 e. The van der Waals surface area contributed by atoms with E-state index in [1.807, 2.05) is 36.6 Å². The van der Waals surface area contributed by atoms with Crippen LogP contribution in [0.3, 0.4) is 0 Å². The number of nitrogens with one attached hydrogen (secondary N) is 2. The van der Waals surface area contributed by atoms with Gasteiger partial charge in [-0.25, -0.2) is 0 Å². The molecular weight excluding hydrogens is 536 g/mol. The molecule has 0 radical (unpaired) electrons. The number of nitrogens with zero attached hydrogens (tertiary/aromatic N) is 2. The summed E-state index contributed by atoms with van der Waals surface area (Å²) in [5.41, 5.74) is -0.281. The Kier molecular flexibility index (Phi) is 7.63. The Balaban J connectivity index is 1.44. The highest BCUT2D eigenvalue weighted by Crippen LogP contribution is 2.51. The number of fused-ring (bicyclic) bond motifs is 1. The molecule has 2 aliphatic rings.